The first kappa shape index (κ1) is 15.6. The fraction of sp³-hybridized carbons (Fsp3) is 0.476. The number of rotatable bonds is 3. The van der Waals surface area contributed by atoms with Crippen molar-refractivity contribution >= 4 is 16.7 Å². The Morgan fingerprint density at radius 1 is 0.917 bits per heavy atom. The zero-order valence-electron chi connectivity index (χ0n) is 14.3. The van der Waals surface area contributed by atoms with Gasteiger partial charge in [-0.15, -0.1) is 0 Å². The molecule has 1 amide bonds. The molecular formula is C21H26N2O. The Bertz CT molecular complexity index is 717. The van der Waals surface area contributed by atoms with E-state index in [4.69, 9.17) is 0 Å². The Balaban J connectivity index is 1.43. The van der Waals surface area contributed by atoms with E-state index in [-0.39, 0.29) is 0 Å². The highest BCUT2D eigenvalue weighted by Gasteiger charge is 2.30. The van der Waals surface area contributed by atoms with E-state index >= 15 is 0 Å². The van der Waals surface area contributed by atoms with Crippen molar-refractivity contribution in [2.75, 3.05) is 26.2 Å². The Kier molecular flexibility index (Phi) is 4.52. The van der Waals surface area contributed by atoms with Crippen LogP contribution in [0.15, 0.2) is 42.5 Å². The normalized spacial score (nSPS) is 19.9. The summed E-state index contributed by atoms with van der Waals surface area (Å²) in [5.41, 5.74) is 1.40. The lowest BCUT2D eigenvalue weighted by Gasteiger charge is -2.31. The van der Waals surface area contributed by atoms with Crippen LogP contribution in [-0.2, 0) is 11.3 Å². The maximum absolute atomic E-state index is 12.5. The highest BCUT2D eigenvalue weighted by molar-refractivity contribution is 5.85. The van der Waals surface area contributed by atoms with E-state index in [1.54, 1.807) is 0 Å². The van der Waals surface area contributed by atoms with Gasteiger partial charge in [0.05, 0.1) is 0 Å². The summed E-state index contributed by atoms with van der Waals surface area (Å²) in [5, 5.41) is 2.67. The van der Waals surface area contributed by atoms with Gasteiger partial charge < -0.3 is 4.90 Å². The van der Waals surface area contributed by atoms with Crippen LogP contribution in [0.5, 0.6) is 0 Å². The molecule has 0 bridgehead atoms. The minimum absolute atomic E-state index is 0.328. The van der Waals surface area contributed by atoms with Crippen molar-refractivity contribution in [3.63, 3.8) is 0 Å². The van der Waals surface area contributed by atoms with E-state index in [1.165, 1.54) is 22.8 Å². The maximum atomic E-state index is 12.5. The van der Waals surface area contributed by atoms with Gasteiger partial charge in [-0.3, -0.25) is 9.69 Å². The Hall–Kier alpha value is -1.87. The average molecular weight is 322 g/mol. The van der Waals surface area contributed by atoms with Gasteiger partial charge in [0.15, 0.2) is 0 Å². The molecule has 0 N–H and O–H groups in total. The van der Waals surface area contributed by atoms with Gasteiger partial charge in [0, 0.05) is 38.6 Å². The van der Waals surface area contributed by atoms with Crippen LogP contribution in [0, 0.1) is 5.92 Å². The van der Waals surface area contributed by atoms with Crippen molar-refractivity contribution in [2.24, 2.45) is 5.92 Å². The summed E-state index contributed by atoms with van der Waals surface area (Å²) < 4.78 is 0. The van der Waals surface area contributed by atoms with Crippen LogP contribution in [-0.4, -0.2) is 41.9 Å². The SMILES string of the molecule is O=C(C1CCC1)N1CCCN(Cc2cccc3ccccc23)CC1. The first-order valence-electron chi connectivity index (χ1n) is 9.29. The third-order valence-corrected chi connectivity index (χ3v) is 5.63. The predicted octanol–water partition coefficient (Wildman–Crippen LogP) is 3.67. The van der Waals surface area contributed by atoms with Gasteiger partial charge in [0.1, 0.15) is 0 Å². The fourth-order valence-electron chi connectivity index (χ4n) is 3.93. The molecule has 3 heteroatoms. The lowest BCUT2D eigenvalue weighted by atomic mass is 9.84. The fourth-order valence-corrected chi connectivity index (χ4v) is 3.93. The molecule has 1 saturated carbocycles. The summed E-state index contributed by atoms with van der Waals surface area (Å²) in [4.78, 5) is 17.1. The molecule has 0 aromatic heterocycles. The molecule has 2 aliphatic rings. The van der Waals surface area contributed by atoms with Crippen LogP contribution in [0.2, 0.25) is 0 Å². The molecule has 0 spiro atoms. The minimum Gasteiger partial charge on any atom is -0.341 e. The third-order valence-electron chi connectivity index (χ3n) is 5.63. The molecular weight excluding hydrogens is 296 g/mol. The average Bonchev–Trinajstić information content (AvgIpc) is 2.79. The van der Waals surface area contributed by atoms with Crippen LogP contribution < -0.4 is 0 Å². The molecule has 1 saturated heterocycles. The molecule has 0 radical (unpaired) electrons. The van der Waals surface area contributed by atoms with E-state index in [9.17, 15) is 4.79 Å². The quantitative estimate of drug-likeness (QED) is 0.861. The van der Waals surface area contributed by atoms with Crippen LogP contribution in [0.3, 0.4) is 0 Å². The molecule has 0 atom stereocenters. The summed E-state index contributed by atoms with van der Waals surface area (Å²) in [6.07, 6.45) is 4.53. The highest BCUT2D eigenvalue weighted by atomic mass is 16.2. The van der Waals surface area contributed by atoms with Crippen molar-refractivity contribution in [3.05, 3.63) is 48.0 Å². The number of amides is 1. The van der Waals surface area contributed by atoms with Crippen molar-refractivity contribution in [3.8, 4) is 0 Å². The van der Waals surface area contributed by atoms with E-state index in [1.807, 2.05) is 0 Å². The Morgan fingerprint density at radius 3 is 2.58 bits per heavy atom. The molecule has 2 aromatic rings. The first-order chi connectivity index (χ1) is 11.8. The number of hydrogen-bond acceptors (Lipinski definition) is 2. The van der Waals surface area contributed by atoms with E-state index in [2.05, 4.69) is 52.3 Å². The first-order valence-corrected chi connectivity index (χ1v) is 9.29. The monoisotopic (exact) mass is 322 g/mol. The van der Waals surface area contributed by atoms with Gasteiger partial charge in [-0.05, 0) is 35.6 Å². The third kappa shape index (κ3) is 3.18. The van der Waals surface area contributed by atoms with Crippen molar-refractivity contribution in [2.45, 2.75) is 32.2 Å². The van der Waals surface area contributed by atoms with Gasteiger partial charge in [-0.1, -0.05) is 48.9 Å². The van der Waals surface area contributed by atoms with Gasteiger partial charge in [0.25, 0.3) is 0 Å². The topological polar surface area (TPSA) is 23.6 Å². The highest BCUT2D eigenvalue weighted by Crippen LogP contribution is 2.28. The van der Waals surface area contributed by atoms with Gasteiger partial charge in [-0.2, -0.15) is 0 Å². The lowest BCUT2D eigenvalue weighted by molar-refractivity contribution is -0.138. The molecule has 24 heavy (non-hydrogen) atoms. The summed E-state index contributed by atoms with van der Waals surface area (Å²) >= 11 is 0. The number of fused-ring (bicyclic) bond motifs is 1. The van der Waals surface area contributed by atoms with E-state index in [0.29, 0.717) is 11.8 Å². The summed E-state index contributed by atoms with van der Waals surface area (Å²) in [6, 6.07) is 15.2. The van der Waals surface area contributed by atoms with Crippen molar-refractivity contribution in [1.82, 2.24) is 9.80 Å². The van der Waals surface area contributed by atoms with Gasteiger partial charge in [0.2, 0.25) is 5.91 Å². The number of carbonyl (C=O) groups excluding carboxylic acids is 1. The lowest BCUT2D eigenvalue weighted by Crippen LogP contribution is -2.41. The molecule has 2 fully saturated rings. The van der Waals surface area contributed by atoms with Crippen LogP contribution in [0.4, 0.5) is 0 Å². The number of carbonyl (C=O) groups is 1. The summed E-state index contributed by atoms with van der Waals surface area (Å²) in [5.74, 6) is 0.739. The molecule has 1 aliphatic carbocycles. The van der Waals surface area contributed by atoms with E-state index < -0.39 is 0 Å². The molecule has 1 aliphatic heterocycles. The second kappa shape index (κ2) is 6.94. The number of hydrogen-bond donors (Lipinski definition) is 0. The number of benzene rings is 2. The van der Waals surface area contributed by atoms with Crippen molar-refractivity contribution < 1.29 is 4.79 Å². The Morgan fingerprint density at radius 2 is 1.75 bits per heavy atom. The number of nitrogens with zero attached hydrogens (tertiary/aromatic N) is 2. The standard InChI is InChI=1S/C21H26N2O/c24-21(18-8-4-9-18)23-13-5-12-22(14-15-23)16-19-10-3-7-17-6-1-2-11-20(17)19/h1-3,6-7,10-11,18H,4-5,8-9,12-16H2. The molecule has 2 aromatic carbocycles. The molecule has 4 rings (SSSR count). The van der Waals surface area contributed by atoms with Crippen LogP contribution >= 0.6 is 0 Å². The van der Waals surface area contributed by atoms with Crippen molar-refractivity contribution in [1.29, 1.82) is 0 Å². The molecule has 0 unspecified atom stereocenters. The smallest absolute Gasteiger partial charge is 0.225 e. The van der Waals surface area contributed by atoms with Crippen LogP contribution in [0.1, 0.15) is 31.2 Å². The Labute approximate surface area is 144 Å². The second-order valence-electron chi connectivity index (χ2n) is 7.22. The molecule has 3 nitrogen and oxygen atoms in total. The van der Waals surface area contributed by atoms with E-state index in [0.717, 1.165) is 52.0 Å². The predicted molar refractivity (Wildman–Crippen MR) is 97.8 cm³/mol. The van der Waals surface area contributed by atoms with Gasteiger partial charge in [-0.25, -0.2) is 0 Å². The largest absolute Gasteiger partial charge is 0.341 e. The zero-order valence-corrected chi connectivity index (χ0v) is 14.3. The molecule has 126 valence electrons. The van der Waals surface area contributed by atoms with Gasteiger partial charge >= 0.3 is 0 Å². The maximum Gasteiger partial charge on any atom is 0.225 e. The summed E-state index contributed by atoms with van der Waals surface area (Å²) in [6.45, 7) is 4.87. The second-order valence-corrected chi connectivity index (χ2v) is 7.22. The zero-order chi connectivity index (χ0) is 16.4. The van der Waals surface area contributed by atoms with Crippen LogP contribution in [0.25, 0.3) is 10.8 Å². The molecule has 1 heterocycles. The minimum atomic E-state index is 0.328. The summed E-state index contributed by atoms with van der Waals surface area (Å²) in [7, 11) is 0.